The van der Waals surface area contributed by atoms with Gasteiger partial charge in [-0.05, 0) is 25.0 Å². The number of benzene rings is 1. The van der Waals surface area contributed by atoms with E-state index in [0.717, 1.165) is 0 Å². The summed E-state index contributed by atoms with van der Waals surface area (Å²) in [6.45, 7) is 1.78. The lowest BCUT2D eigenvalue weighted by molar-refractivity contribution is -0.385. The number of aryl methyl sites for hydroxylation is 1. The first-order valence-electron chi connectivity index (χ1n) is 8.20. The Morgan fingerprint density at radius 1 is 1.19 bits per heavy atom. The summed E-state index contributed by atoms with van der Waals surface area (Å²) < 4.78 is 26.1. The number of carbonyl (C=O) groups excluding carboxylic acids is 1. The van der Waals surface area contributed by atoms with Gasteiger partial charge in [0.05, 0.1) is 17.6 Å². The second kappa shape index (κ2) is 10.8. The van der Waals surface area contributed by atoms with Crippen LogP contribution in [0.5, 0.6) is 5.75 Å². The zero-order valence-corrected chi connectivity index (χ0v) is 17.2. The number of nitro benzene ring substituents is 1. The van der Waals surface area contributed by atoms with Gasteiger partial charge in [0.2, 0.25) is 0 Å². The van der Waals surface area contributed by atoms with Gasteiger partial charge in [-0.15, -0.1) is 0 Å². The Morgan fingerprint density at radius 2 is 1.81 bits per heavy atom. The molecule has 0 unspecified atom stereocenters. The third kappa shape index (κ3) is 6.47. The predicted molar refractivity (Wildman–Crippen MR) is 98.8 cm³/mol. The fraction of sp³-hybridized carbons (Fsp3) is 0.562. The molecule has 11 heteroatoms. The Bertz CT molecular complexity index is 643. The van der Waals surface area contributed by atoms with E-state index in [4.69, 9.17) is 22.8 Å². The third-order valence-corrected chi connectivity index (χ3v) is 6.85. The molecule has 1 aromatic carbocycles. The molecule has 0 aliphatic rings. The maximum absolute atomic E-state index is 11.8. The monoisotopic (exact) mass is 402 g/mol. The minimum Gasteiger partial charge on any atom is -0.496 e. The number of nitrogens with one attached hydrogen (secondary N) is 1. The molecule has 152 valence electrons. The van der Waals surface area contributed by atoms with Gasteiger partial charge >= 0.3 is 14.9 Å². The first kappa shape index (κ1) is 22.8. The highest BCUT2D eigenvalue weighted by molar-refractivity contribution is 6.60. The van der Waals surface area contributed by atoms with E-state index in [1.807, 2.05) is 0 Å². The summed E-state index contributed by atoms with van der Waals surface area (Å²) in [6, 6.07) is 3.41. The van der Waals surface area contributed by atoms with Crippen molar-refractivity contribution in [1.82, 2.24) is 5.32 Å². The van der Waals surface area contributed by atoms with Crippen LogP contribution in [-0.2, 0) is 24.6 Å². The van der Waals surface area contributed by atoms with E-state index in [1.54, 1.807) is 6.92 Å². The fourth-order valence-corrected chi connectivity index (χ4v) is 4.19. The molecule has 0 fully saturated rings. The lowest BCUT2D eigenvalue weighted by Crippen LogP contribution is -2.43. The number of ether oxygens (including phenoxy) is 2. The van der Waals surface area contributed by atoms with Crippen molar-refractivity contribution >= 4 is 20.6 Å². The zero-order valence-electron chi connectivity index (χ0n) is 16.2. The zero-order chi connectivity index (χ0) is 20.4. The van der Waals surface area contributed by atoms with E-state index in [0.29, 0.717) is 30.3 Å². The molecule has 1 amide bonds. The van der Waals surface area contributed by atoms with E-state index < -0.39 is 19.8 Å². The van der Waals surface area contributed by atoms with Crippen LogP contribution in [0.1, 0.15) is 17.5 Å². The van der Waals surface area contributed by atoms with Crippen molar-refractivity contribution < 1.29 is 32.5 Å². The summed E-state index contributed by atoms with van der Waals surface area (Å²) >= 11 is 0. The maximum Gasteiger partial charge on any atom is 0.500 e. The van der Waals surface area contributed by atoms with Crippen LogP contribution in [-0.4, -0.2) is 54.8 Å². The maximum atomic E-state index is 11.8. The summed E-state index contributed by atoms with van der Waals surface area (Å²) in [5.41, 5.74) is 0.749. The van der Waals surface area contributed by atoms with Crippen LogP contribution in [0.2, 0.25) is 6.04 Å². The van der Waals surface area contributed by atoms with E-state index in [-0.39, 0.29) is 17.9 Å². The van der Waals surface area contributed by atoms with Crippen LogP contribution < -0.4 is 10.1 Å². The van der Waals surface area contributed by atoms with Gasteiger partial charge in [0.25, 0.3) is 5.69 Å². The molecule has 0 aliphatic heterocycles. The topological polar surface area (TPSA) is 118 Å². The lowest BCUT2D eigenvalue weighted by atomic mass is 10.1. The molecular formula is C16H26N2O8Si. The summed E-state index contributed by atoms with van der Waals surface area (Å²) in [6.07, 6.45) is -0.113. The van der Waals surface area contributed by atoms with Gasteiger partial charge in [-0.25, -0.2) is 4.79 Å². The van der Waals surface area contributed by atoms with Gasteiger partial charge in [0, 0.05) is 40.0 Å². The lowest BCUT2D eigenvalue weighted by Gasteiger charge is -2.24. The molecule has 0 saturated heterocycles. The van der Waals surface area contributed by atoms with E-state index in [1.165, 1.54) is 40.6 Å². The summed E-state index contributed by atoms with van der Waals surface area (Å²) in [5.74, 6) is 0.486. The van der Waals surface area contributed by atoms with Crippen LogP contribution in [0.3, 0.4) is 0 Å². The Balaban J connectivity index is 2.56. The number of rotatable bonds is 11. The van der Waals surface area contributed by atoms with Crippen molar-refractivity contribution in [1.29, 1.82) is 0 Å². The van der Waals surface area contributed by atoms with Crippen LogP contribution in [0, 0.1) is 17.0 Å². The molecule has 0 radical (unpaired) electrons. The number of nitro groups is 1. The molecule has 0 heterocycles. The molecule has 0 saturated carbocycles. The Kier molecular flexibility index (Phi) is 9.15. The fourth-order valence-electron chi connectivity index (χ4n) is 2.47. The smallest absolute Gasteiger partial charge is 0.496 e. The second-order valence-corrected chi connectivity index (χ2v) is 8.70. The predicted octanol–water partition coefficient (Wildman–Crippen LogP) is 2.41. The minimum absolute atomic E-state index is 0.128. The normalized spacial score (nSPS) is 11.1. The molecular weight excluding hydrogens is 376 g/mol. The average Bonchev–Trinajstić information content (AvgIpc) is 2.67. The van der Waals surface area contributed by atoms with Crippen molar-refractivity contribution in [3.8, 4) is 5.75 Å². The Morgan fingerprint density at radius 3 is 2.33 bits per heavy atom. The highest BCUT2D eigenvalue weighted by Crippen LogP contribution is 2.28. The second-order valence-electron chi connectivity index (χ2n) is 5.61. The number of methoxy groups -OCH3 is 1. The number of carbonyl (C=O) groups is 1. The van der Waals surface area contributed by atoms with Gasteiger partial charge in [-0.2, -0.15) is 0 Å². The molecule has 10 nitrogen and oxygen atoms in total. The molecule has 1 N–H and O–H groups in total. The van der Waals surface area contributed by atoms with Crippen LogP contribution in [0.25, 0.3) is 0 Å². The molecule has 0 spiro atoms. The van der Waals surface area contributed by atoms with Crippen LogP contribution >= 0.6 is 0 Å². The Labute approximate surface area is 159 Å². The van der Waals surface area contributed by atoms with Crippen molar-refractivity contribution in [2.24, 2.45) is 0 Å². The standard InChI is InChI=1S/C16H26N2O8Si/c1-12-9-14(18(20)21)13(10-15(12)22-2)11-26-16(19)17-7-6-8-27(23-3,24-4)25-5/h9-10H,6-8,11H2,1-5H3,(H,17,19). The number of hydrogen-bond donors (Lipinski definition) is 1. The molecule has 0 aliphatic carbocycles. The minimum atomic E-state index is -2.68. The van der Waals surface area contributed by atoms with Crippen LogP contribution in [0.15, 0.2) is 12.1 Å². The van der Waals surface area contributed by atoms with E-state index in [9.17, 15) is 14.9 Å². The number of alkyl carbamates (subject to hydrolysis) is 1. The molecule has 27 heavy (non-hydrogen) atoms. The number of hydrogen-bond acceptors (Lipinski definition) is 8. The van der Waals surface area contributed by atoms with Crippen molar-refractivity contribution in [2.45, 2.75) is 26.0 Å². The number of nitrogens with zero attached hydrogens (tertiary/aromatic N) is 1. The highest BCUT2D eigenvalue weighted by atomic mass is 28.4. The SMILES string of the molecule is COc1cc(COC(=O)NCCC[Si](OC)(OC)OC)c([N+](=O)[O-])cc1C. The van der Waals surface area contributed by atoms with Crippen molar-refractivity contribution in [3.05, 3.63) is 33.4 Å². The largest absolute Gasteiger partial charge is 0.500 e. The van der Waals surface area contributed by atoms with Crippen molar-refractivity contribution in [2.75, 3.05) is 35.0 Å². The highest BCUT2D eigenvalue weighted by Gasteiger charge is 2.36. The Hall–Kier alpha value is -2.21. The first-order valence-corrected chi connectivity index (χ1v) is 10.1. The summed E-state index contributed by atoms with van der Waals surface area (Å²) in [4.78, 5) is 22.5. The number of amides is 1. The van der Waals surface area contributed by atoms with Crippen LogP contribution in [0.4, 0.5) is 10.5 Å². The van der Waals surface area contributed by atoms with E-state index in [2.05, 4.69) is 5.32 Å². The summed E-state index contributed by atoms with van der Waals surface area (Å²) in [5, 5.41) is 13.8. The van der Waals surface area contributed by atoms with E-state index >= 15 is 0 Å². The molecule has 1 aromatic rings. The quantitative estimate of drug-likeness (QED) is 0.259. The van der Waals surface area contributed by atoms with Gasteiger partial charge in [-0.3, -0.25) is 10.1 Å². The molecule has 0 bridgehead atoms. The third-order valence-electron chi connectivity index (χ3n) is 4.01. The average molecular weight is 402 g/mol. The van der Waals surface area contributed by atoms with Gasteiger partial charge in [0.15, 0.2) is 0 Å². The first-order chi connectivity index (χ1) is 12.8. The summed E-state index contributed by atoms with van der Waals surface area (Å²) in [7, 11) is 3.34. The molecule has 0 atom stereocenters. The van der Waals surface area contributed by atoms with Gasteiger partial charge in [0.1, 0.15) is 12.4 Å². The van der Waals surface area contributed by atoms with Crippen molar-refractivity contribution in [3.63, 3.8) is 0 Å². The van der Waals surface area contributed by atoms with Gasteiger partial charge in [-0.1, -0.05) is 0 Å². The molecule has 1 rings (SSSR count). The van der Waals surface area contributed by atoms with Gasteiger partial charge < -0.3 is 28.1 Å². The molecule has 0 aromatic heterocycles.